The third-order valence-corrected chi connectivity index (χ3v) is 3.61. The van der Waals surface area contributed by atoms with Gasteiger partial charge in [0.2, 0.25) is 0 Å². The predicted octanol–water partition coefficient (Wildman–Crippen LogP) is 2.50. The van der Waals surface area contributed by atoms with Crippen LogP contribution < -0.4 is 5.32 Å². The maximum atomic E-state index is 3.48. The molecule has 90 valence electrons. The molecule has 1 N–H and O–H groups in total. The van der Waals surface area contributed by atoms with Gasteiger partial charge in [-0.05, 0) is 51.7 Å². The highest BCUT2D eigenvalue weighted by atomic mass is 15.1. The van der Waals surface area contributed by atoms with Crippen LogP contribution in [0.15, 0.2) is 0 Å². The summed E-state index contributed by atoms with van der Waals surface area (Å²) in [5, 5.41) is 3.48. The molecular weight excluding hydrogens is 184 g/mol. The van der Waals surface area contributed by atoms with E-state index in [0.717, 1.165) is 12.5 Å². The Morgan fingerprint density at radius 2 is 2.20 bits per heavy atom. The minimum absolute atomic E-state index is 0.678. The van der Waals surface area contributed by atoms with Gasteiger partial charge in [0, 0.05) is 12.6 Å². The summed E-state index contributed by atoms with van der Waals surface area (Å²) in [5.41, 5.74) is 0. The first-order chi connectivity index (χ1) is 7.26. The first-order valence-corrected chi connectivity index (χ1v) is 6.72. The van der Waals surface area contributed by atoms with Crippen LogP contribution in [0.4, 0.5) is 0 Å². The third-order valence-electron chi connectivity index (χ3n) is 3.61. The van der Waals surface area contributed by atoms with Gasteiger partial charge in [-0.15, -0.1) is 0 Å². The Kier molecular flexibility index (Phi) is 6.26. The normalized spacial score (nSPS) is 25.4. The minimum Gasteiger partial charge on any atom is -0.314 e. The summed E-state index contributed by atoms with van der Waals surface area (Å²) < 4.78 is 0. The van der Waals surface area contributed by atoms with E-state index < -0.39 is 0 Å². The second-order valence-electron chi connectivity index (χ2n) is 4.96. The Labute approximate surface area is 95.4 Å². The molecular formula is C13H28N2. The number of nitrogens with one attached hydrogen (secondary N) is 1. The van der Waals surface area contributed by atoms with E-state index in [9.17, 15) is 0 Å². The highest BCUT2D eigenvalue weighted by molar-refractivity contribution is 4.73. The molecule has 0 radical (unpaired) electrons. The van der Waals surface area contributed by atoms with Crippen LogP contribution in [0, 0.1) is 5.92 Å². The number of nitrogens with zero attached hydrogens (tertiary/aromatic N) is 1. The molecule has 0 aromatic heterocycles. The molecule has 0 aliphatic carbocycles. The Balaban J connectivity index is 2.14. The lowest BCUT2D eigenvalue weighted by atomic mass is 9.95. The summed E-state index contributed by atoms with van der Waals surface area (Å²) in [7, 11) is 0. The molecule has 0 amide bonds. The molecule has 0 bridgehead atoms. The van der Waals surface area contributed by atoms with Gasteiger partial charge in [-0.2, -0.15) is 0 Å². The number of rotatable bonds is 6. The molecule has 1 heterocycles. The molecule has 2 atom stereocenters. The Hall–Kier alpha value is -0.0800. The largest absolute Gasteiger partial charge is 0.314 e. The quantitative estimate of drug-likeness (QED) is 0.728. The van der Waals surface area contributed by atoms with Crippen molar-refractivity contribution in [2.75, 3.05) is 26.2 Å². The molecule has 2 heteroatoms. The van der Waals surface area contributed by atoms with Crippen LogP contribution in [0.1, 0.15) is 46.5 Å². The fourth-order valence-electron chi connectivity index (χ4n) is 2.51. The van der Waals surface area contributed by atoms with Crippen molar-refractivity contribution in [1.82, 2.24) is 10.2 Å². The highest BCUT2D eigenvalue weighted by Crippen LogP contribution is 2.19. The van der Waals surface area contributed by atoms with Gasteiger partial charge < -0.3 is 10.2 Å². The summed E-state index contributed by atoms with van der Waals surface area (Å²) in [6.45, 7) is 11.9. The van der Waals surface area contributed by atoms with E-state index in [-0.39, 0.29) is 0 Å². The van der Waals surface area contributed by atoms with E-state index in [0.29, 0.717) is 6.04 Å². The summed E-state index contributed by atoms with van der Waals surface area (Å²) in [6.07, 6.45) is 5.52. The molecule has 0 saturated carbocycles. The minimum atomic E-state index is 0.678. The zero-order valence-corrected chi connectivity index (χ0v) is 10.8. The Morgan fingerprint density at radius 1 is 1.40 bits per heavy atom. The molecule has 1 rings (SSSR count). The first kappa shape index (κ1) is 13.0. The smallest absolute Gasteiger partial charge is 0.00507 e. The number of hydrogen-bond donors (Lipinski definition) is 1. The predicted molar refractivity (Wildman–Crippen MR) is 67.2 cm³/mol. The topological polar surface area (TPSA) is 15.3 Å². The summed E-state index contributed by atoms with van der Waals surface area (Å²) in [5.74, 6) is 0.966. The second-order valence-corrected chi connectivity index (χ2v) is 4.96. The van der Waals surface area contributed by atoms with Gasteiger partial charge in [-0.25, -0.2) is 0 Å². The molecule has 0 aromatic carbocycles. The average molecular weight is 212 g/mol. The van der Waals surface area contributed by atoms with Crippen LogP contribution in [0.3, 0.4) is 0 Å². The zero-order valence-electron chi connectivity index (χ0n) is 10.8. The van der Waals surface area contributed by atoms with Crippen LogP contribution in [0.5, 0.6) is 0 Å². The SMILES string of the molecule is CCNC(C)CCN1CCCC(CC)C1. The highest BCUT2D eigenvalue weighted by Gasteiger charge is 2.18. The molecule has 1 fully saturated rings. The van der Waals surface area contributed by atoms with Crippen molar-refractivity contribution >= 4 is 0 Å². The van der Waals surface area contributed by atoms with Gasteiger partial charge in [0.25, 0.3) is 0 Å². The van der Waals surface area contributed by atoms with E-state index in [4.69, 9.17) is 0 Å². The van der Waals surface area contributed by atoms with Crippen molar-refractivity contribution in [2.45, 2.75) is 52.5 Å². The molecule has 0 aromatic rings. The van der Waals surface area contributed by atoms with Gasteiger partial charge in [-0.1, -0.05) is 20.3 Å². The Bertz CT molecular complexity index is 159. The van der Waals surface area contributed by atoms with Gasteiger partial charge in [0.15, 0.2) is 0 Å². The molecule has 1 aliphatic rings. The standard InChI is InChI=1S/C13H28N2/c1-4-13-7-6-9-15(11-13)10-8-12(3)14-5-2/h12-14H,4-11H2,1-3H3. The third kappa shape index (κ3) is 4.98. The average Bonchev–Trinajstić information content (AvgIpc) is 2.27. The summed E-state index contributed by atoms with van der Waals surface area (Å²) in [4.78, 5) is 2.66. The van der Waals surface area contributed by atoms with Crippen LogP contribution in [-0.2, 0) is 0 Å². The van der Waals surface area contributed by atoms with Gasteiger partial charge in [0.1, 0.15) is 0 Å². The lowest BCUT2D eigenvalue weighted by Crippen LogP contribution is -2.38. The van der Waals surface area contributed by atoms with Crippen LogP contribution in [0.25, 0.3) is 0 Å². The van der Waals surface area contributed by atoms with Gasteiger partial charge >= 0.3 is 0 Å². The summed E-state index contributed by atoms with van der Waals surface area (Å²) >= 11 is 0. The van der Waals surface area contributed by atoms with E-state index in [1.54, 1.807) is 0 Å². The van der Waals surface area contributed by atoms with Crippen LogP contribution >= 0.6 is 0 Å². The van der Waals surface area contributed by atoms with Crippen LogP contribution in [-0.4, -0.2) is 37.1 Å². The van der Waals surface area contributed by atoms with E-state index in [1.165, 1.54) is 45.3 Å². The van der Waals surface area contributed by atoms with Crippen molar-refractivity contribution in [2.24, 2.45) is 5.92 Å². The molecule has 2 unspecified atom stereocenters. The van der Waals surface area contributed by atoms with Gasteiger partial charge in [-0.3, -0.25) is 0 Å². The molecule has 15 heavy (non-hydrogen) atoms. The molecule has 1 saturated heterocycles. The van der Waals surface area contributed by atoms with Crippen LogP contribution in [0.2, 0.25) is 0 Å². The fraction of sp³-hybridized carbons (Fsp3) is 1.00. The van der Waals surface area contributed by atoms with E-state index >= 15 is 0 Å². The second kappa shape index (κ2) is 7.24. The lowest BCUT2D eigenvalue weighted by Gasteiger charge is -2.32. The maximum absolute atomic E-state index is 3.48. The zero-order chi connectivity index (χ0) is 11.1. The molecule has 2 nitrogen and oxygen atoms in total. The molecule has 1 aliphatic heterocycles. The van der Waals surface area contributed by atoms with Crippen molar-refractivity contribution in [3.05, 3.63) is 0 Å². The van der Waals surface area contributed by atoms with E-state index in [1.807, 2.05) is 0 Å². The van der Waals surface area contributed by atoms with Crippen molar-refractivity contribution in [3.8, 4) is 0 Å². The fourth-order valence-corrected chi connectivity index (χ4v) is 2.51. The van der Waals surface area contributed by atoms with Gasteiger partial charge in [0.05, 0.1) is 0 Å². The Morgan fingerprint density at radius 3 is 2.87 bits per heavy atom. The van der Waals surface area contributed by atoms with Crippen molar-refractivity contribution in [3.63, 3.8) is 0 Å². The van der Waals surface area contributed by atoms with Crippen molar-refractivity contribution < 1.29 is 0 Å². The maximum Gasteiger partial charge on any atom is 0.00507 e. The van der Waals surface area contributed by atoms with E-state index in [2.05, 4.69) is 31.0 Å². The number of likely N-dealkylation sites (tertiary alicyclic amines) is 1. The number of hydrogen-bond acceptors (Lipinski definition) is 2. The molecule has 0 spiro atoms. The summed E-state index contributed by atoms with van der Waals surface area (Å²) in [6, 6.07) is 0.678. The number of piperidine rings is 1. The first-order valence-electron chi connectivity index (χ1n) is 6.72. The lowest BCUT2D eigenvalue weighted by molar-refractivity contribution is 0.166. The van der Waals surface area contributed by atoms with Crippen molar-refractivity contribution in [1.29, 1.82) is 0 Å². The monoisotopic (exact) mass is 212 g/mol.